The molecule has 2 rings (SSSR count). The highest BCUT2D eigenvalue weighted by molar-refractivity contribution is 5.95. The van der Waals surface area contributed by atoms with Crippen molar-refractivity contribution in [1.82, 2.24) is 10.2 Å². The van der Waals surface area contributed by atoms with Crippen molar-refractivity contribution in [3.8, 4) is 0 Å². The summed E-state index contributed by atoms with van der Waals surface area (Å²) in [4.78, 5) is 26.2. The summed E-state index contributed by atoms with van der Waals surface area (Å²) in [7, 11) is 0. The van der Waals surface area contributed by atoms with Gasteiger partial charge in [-0.1, -0.05) is 0 Å². The number of nitrogens with one attached hydrogen (secondary N) is 1. The first kappa shape index (κ1) is 15.6. The maximum Gasteiger partial charge on any atom is 0.287 e. The van der Waals surface area contributed by atoms with Crippen molar-refractivity contribution < 1.29 is 19.1 Å². The topological polar surface area (TPSA) is 82.8 Å². The molecule has 2 atom stereocenters. The first-order valence-corrected chi connectivity index (χ1v) is 7.39. The molecule has 1 saturated heterocycles. The molecule has 2 heterocycles. The summed E-state index contributed by atoms with van der Waals surface area (Å²) in [5, 5.41) is 11.8. The molecule has 0 radical (unpaired) electrons. The zero-order valence-electron chi connectivity index (χ0n) is 12.2. The van der Waals surface area contributed by atoms with Crippen molar-refractivity contribution in [1.29, 1.82) is 0 Å². The lowest BCUT2D eigenvalue weighted by atomic mass is 9.98. The van der Waals surface area contributed by atoms with E-state index in [9.17, 15) is 9.59 Å². The van der Waals surface area contributed by atoms with Crippen LogP contribution >= 0.6 is 0 Å². The second-order valence-electron chi connectivity index (χ2n) is 5.37. The maximum atomic E-state index is 12.5. The van der Waals surface area contributed by atoms with Crippen LogP contribution in [0.2, 0.25) is 0 Å². The molecule has 1 aromatic heterocycles. The molecule has 0 spiro atoms. The first-order chi connectivity index (χ1) is 10.1. The van der Waals surface area contributed by atoms with Gasteiger partial charge in [0.2, 0.25) is 5.91 Å². The Bertz CT molecular complexity index is 470. The van der Waals surface area contributed by atoms with E-state index in [2.05, 4.69) is 5.32 Å². The Morgan fingerprint density at radius 3 is 3.00 bits per heavy atom. The van der Waals surface area contributed by atoms with E-state index in [0.717, 1.165) is 19.3 Å². The predicted octanol–water partition coefficient (Wildman–Crippen LogP) is 1.16. The quantitative estimate of drug-likeness (QED) is 0.853. The SMILES string of the molecule is CC(NC(=O)c1ccco1)C(=O)N1CCCCC1CCO. The third kappa shape index (κ3) is 3.85. The zero-order valence-corrected chi connectivity index (χ0v) is 12.2. The molecule has 0 saturated carbocycles. The number of aliphatic hydroxyl groups is 1. The molecule has 6 nitrogen and oxygen atoms in total. The lowest BCUT2D eigenvalue weighted by Gasteiger charge is -2.37. The third-order valence-corrected chi connectivity index (χ3v) is 3.84. The molecule has 0 bridgehead atoms. The highest BCUT2D eigenvalue weighted by Gasteiger charge is 2.30. The molecule has 1 aliphatic heterocycles. The van der Waals surface area contributed by atoms with Gasteiger partial charge in [0.05, 0.1) is 6.26 Å². The van der Waals surface area contributed by atoms with Crippen molar-refractivity contribution in [2.75, 3.05) is 13.2 Å². The van der Waals surface area contributed by atoms with Crippen LogP contribution in [0.4, 0.5) is 0 Å². The molecule has 0 aliphatic carbocycles. The standard InChI is InChI=1S/C15H22N2O4/c1-11(16-14(19)13-6-4-10-21-13)15(20)17-8-3-2-5-12(17)7-9-18/h4,6,10-12,18H,2-3,5,7-9H2,1H3,(H,16,19). The van der Waals surface area contributed by atoms with Gasteiger partial charge in [-0.2, -0.15) is 0 Å². The fourth-order valence-corrected chi connectivity index (χ4v) is 2.73. The molecule has 2 N–H and O–H groups in total. The van der Waals surface area contributed by atoms with E-state index in [0.29, 0.717) is 13.0 Å². The van der Waals surface area contributed by atoms with E-state index < -0.39 is 11.9 Å². The van der Waals surface area contributed by atoms with E-state index in [1.807, 2.05) is 0 Å². The van der Waals surface area contributed by atoms with Gasteiger partial charge in [0.1, 0.15) is 6.04 Å². The molecule has 1 fully saturated rings. The molecule has 1 aromatic rings. The minimum absolute atomic E-state index is 0.0687. The van der Waals surface area contributed by atoms with E-state index in [4.69, 9.17) is 9.52 Å². The number of rotatable bonds is 5. The summed E-state index contributed by atoms with van der Waals surface area (Å²) in [6.07, 6.45) is 4.95. The average molecular weight is 294 g/mol. The van der Waals surface area contributed by atoms with E-state index in [1.165, 1.54) is 6.26 Å². The lowest BCUT2D eigenvalue weighted by Crippen LogP contribution is -2.52. The normalized spacial score (nSPS) is 20.1. The van der Waals surface area contributed by atoms with Crippen molar-refractivity contribution in [3.63, 3.8) is 0 Å². The van der Waals surface area contributed by atoms with E-state index >= 15 is 0 Å². The number of carbonyl (C=O) groups is 2. The van der Waals surface area contributed by atoms with Crippen LogP contribution in [0.25, 0.3) is 0 Å². The van der Waals surface area contributed by atoms with Crippen LogP contribution in [0, 0.1) is 0 Å². The number of carbonyl (C=O) groups excluding carboxylic acids is 2. The smallest absolute Gasteiger partial charge is 0.287 e. The Hall–Kier alpha value is -1.82. The Kier molecular flexibility index (Phi) is 5.38. The molecular formula is C15H22N2O4. The van der Waals surface area contributed by atoms with Crippen molar-refractivity contribution in [3.05, 3.63) is 24.2 Å². The molecule has 0 aromatic carbocycles. The van der Waals surface area contributed by atoms with Crippen LogP contribution in [0.3, 0.4) is 0 Å². The Balaban J connectivity index is 1.95. The van der Waals surface area contributed by atoms with Gasteiger partial charge in [-0.05, 0) is 44.7 Å². The van der Waals surface area contributed by atoms with Gasteiger partial charge in [-0.25, -0.2) is 0 Å². The number of nitrogens with zero attached hydrogens (tertiary/aromatic N) is 1. The molecule has 2 amide bonds. The van der Waals surface area contributed by atoms with Crippen LogP contribution in [0.5, 0.6) is 0 Å². The largest absolute Gasteiger partial charge is 0.459 e. The summed E-state index contributed by atoms with van der Waals surface area (Å²) in [5.41, 5.74) is 0. The average Bonchev–Trinajstić information content (AvgIpc) is 3.01. The van der Waals surface area contributed by atoms with Gasteiger partial charge >= 0.3 is 0 Å². The number of hydrogen-bond acceptors (Lipinski definition) is 4. The highest BCUT2D eigenvalue weighted by atomic mass is 16.3. The van der Waals surface area contributed by atoms with Crippen molar-refractivity contribution >= 4 is 11.8 Å². The van der Waals surface area contributed by atoms with Gasteiger partial charge < -0.3 is 19.7 Å². The van der Waals surface area contributed by atoms with Crippen LogP contribution in [-0.4, -0.2) is 47.1 Å². The molecule has 21 heavy (non-hydrogen) atoms. The number of amides is 2. The third-order valence-electron chi connectivity index (χ3n) is 3.84. The van der Waals surface area contributed by atoms with Crippen LogP contribution < -0.4 is 5.32 Å². The number of hydrogen-bond donors (Lipinski definition) is 2. The Morgan fingerprint density at radius 1 is 1.52 bits per heavy atom. The van der Waals surface area contributed by atoms with Crippen molar-refractivity contribution in [2.45, 2.75) is 44.7 Å². The van der Waals surface area contributed by atoms with E-state index in [1.54, 1.807) is 24.0 Å². The summed E-state index contributed by atoms with van der Waals surface area (Å²) in [6, 6.07) is 2.65. The molecule has 2 unspecified atom stereocenters. The van der Waals surface area contributed by atoms with Gasteiger partial charge in [0, 0.05) is 19.2 Å². The Morgan fingerprint density at radius 2 is 2.33 bits per heavy atom. The van der Waals surface area contributed by atoms with E-state index in [-0.39, 0.29) is 24.3 Å². The minimum atomic E-state index is -0.609. The monoisotopic (exact) mass is 294 g/mol. The lowest BCUT2D eigenvalue weighted by molar-refractivity contribution is -0.136. The number of piperidine rings is 1. The summed E-state index contributed by atoms with van der Waals surface area (Å²) < 4.78 is 5.01. The van der Waals surface area contributed by atoms with Gasteiger partial charge in [0.15, 0.2) is 5.76 Å². The van der Waals surface area contributed by atoms with Gasteiger partial charge in [0.25, 0.3) is 5.91 Å². The molecular weight excluding hydrogens is 272 g/mol. The van der Waals surface area contributed by atoms with Crippen LogP contribution in [-0.2, 0) is 4.79 Å². The van der Waals surface area contributed by atoms with Crippen LogP contribution in [0.1, 0.15) is 43.2 Å². The molecule has 116 valence electrons. The fraction of sp³-hybridized carbons (Fsp3) is 0.600. The van der Waals surface area contributed by atoms with Crippen molar-refractivity contribution in [2.24, 2.45) is 0 Å². The predicted molar refractivity (Wildman–Crippen MR) is 76.7 cm³/mol. The number of likely N-dealkylation sites (tertiary alicyclic amines) is 1. The second kappa shape index (κ2) is 7.26. The van der Waals surface area contributed by atoms with Crippen LogP contribution in [0.15, 0.2) is 22.8 Å². The zero-order chi connectivity index (χ0) is 15.2. The number of aliphatic hydroxyl groups excluding tert-OH is 1. The Labute approximate surface area is 124 Å². The maximum absolute atomic E-state index is 12.5. The fourth-order valence-electron chi connectivity index (χ4n) is 2.73. The van der Waals surface area contributed by atoms with Gasteiger partial charge in [-0.3, -0.25) is 9.59 Å². The molecule has 1 aliphatic rings. The number of furan rings is 1. The first-order valence-electron chi connectivity index (χ1n) is 7.39. The summed E-state index contributed by atoms with van der Waals surface area (Å²) in [5.74, 6) is -0.301. The van der Waals surface area contributed by atoms with Gasteiger partial charge in [-0.15, -0.1) is 0 Å². The summed E-state index contributed by atoms with van der Waals surface area (Å²) in [6.45, 7) is 2.43. The highest BCUT2D eigenvalue weighted by Crippen LogP contribution is 2.20. The minimum Gasteiger partial charge on any atom is -0.459 e. The second-order valence-corrected chi connectivity index (χ2v) is 5.37. The summed E-state index contributed by atoms with van der Waals surface area (Å²) >= 11 is 0. The molecule has 6 heteroatoms.